The van der Waals surface area contributed by atoms with Crippen LogP contribution in [0.25, 0.3) is 0 Å². The molecule has 0 spiro atoms. The molecule has 2 aromatic rings. The summed E-state index contributed by atoms with van der Waals surface area (Å²) in [6.07, 6.45) is 4.50. The second-order valence-corrected chi connectivity index (χ2v) is 6.73. The number of benzene rings is 1. The van der Waals surface area contributed by atoms with Crippen LogP contribution in [0.15, 0.2) is 36.4 Å². The number of hydrogen-bond acceptors (Lipinski definition) is 4. The standard InChI is InChI=1S/C18H19NO3S/c20-17(22-12-13-6-2-1-3-7-13)11-19-18(21)16-10-14-8-4-5-9-15(14)23-16/h1-3,6-7,10H,4-5,8-9,11-12H2,(H,19,21). The summed E-state index contributed by atoms with van der Waals surface area (Å²) in [5.41, 5.74) is 2.22. The van der Waals surface area contributed by atoms with Crippen molar-refractivity contribution in [3.05, 3.63) is 57.3 Å². The summed E-state index contributed by atoms with van der Waals surface area (Å²) in [5.74, 6) is -0.621. The van der Waals surface area contributed by atoms with Crippen LogP contribution in [0.5, 0.6) is 0 Å². The molecule has 0 aliphatic heterocycles. The van der Waals surface area contributed by atoms with Crippen molar-refractivity contribution in [2.45, 2.75) is 32.3 Å². The molecule has 1 aromatic carbocycles. The number of ether oxygens (including phenoxy) is 1. The molecule has 0 saturated carbocycles. The second kappa shape index (κ2) is 7.42. The Hall–Kier alpha value is -2.14. The largest absolute Gasteiger partial charge is 0.460 e. The zero-order valence-corrected chi connectivity index (χ0v) is 13.7. The van der Waals surface area contributed by atoms with Gasteiger partial charge in [0.15, 0.2) is 0 Å². The highest BCUT2D eigenvalue weighted by molar-refractivity contribution is 7.14. The van der Waals surface area contributed by atoms with Gasteiger partial charge < -0.3 is 10.1 Å². The molecular formula is C18H19NO3S. The van der Waals surface area contributed by atoms with Crippen LogP contribution in [-0.2, 0) is 29.0 Å². The smallest absolute Gasteiger partial charge is 0.325 e. The predicted molar refractivity (Wildman–Crippen MR) is 89.5 cm³/mol. The molecule has 0 saturated heterocycles. The highest BCUT2D eigenvalue weighted by Crippen LogP contribution is 2.29. The number of carbonyl (C=O) groups excluding carboxylic acids is 2. The number of esters is 1. The minimum absolute atomic E-state index is 0.103. The Morgan fingerprint density at radius 2 is 1.91 bits per heavy atom. The minimum atomic E-state index is -0.427. The fourth-order valence-corrected chi connectivity index (χ4v) is 3.80. The molecule has 1 aromatic heterocycles. The van der Waals surface area contributed by atoms with Crippen LogP contribution in [0.2, 0.25) is 0 Å². The lowest BCUT2D eigenvalue weighted by Crippen LogP contribution is -2.30. The lowest BCUT2D eigenvalue weighted by Gasteiger charge is -2.08. The lowest BCUT2D eigenvalue weighted by molar-refractivity contribution is -0.143. The molecule has 23 heavy (non-hydrogen) atoms. The van der Waals surface area contributed by atoms with E-state index in [4.69, 9.17) is 4.74 Å². The maximum Gasteiger partial charge on any atom is 0.325 e. The van der Waals surface area contributed by atoms with Crippen molar-refractivity contribution in [3.8, 4) is 0 Å². The van der Waals surface area contributed by atoms with E-state index >= 15 is 0 Å². The maximum absolute atomic E-state index is 12.1. The van der Waals surface area contributed by atoms with Gasteiger partial charge in [0.2, 0.25) is 0 Å². The number of nitrogens with one attached hydrogen (secondary N) is 1. The van der Waals surface area contributed by atoms with Gasteiger partial charge in [0, 0.05) is 4.88 Å². The predicted octanol–water partition coefficient (Wildman–Crippen LogP) is 3.10. The molecule has 1 N–H and O–H groups in total. The number of fused-ring (bicyclic) bond motifs is 1. The summed E-state index contributed by atoms with van der Waals surface area (Å²) in [6.45, 7) is 0.122. The maximum atomic E-state index is 12.1. The first-order chi connectivity index (χ1) is 11.2. The van der Waals surface area contributed by atoms with Crippen molar-refractivity contribution >= 4 is 23.2 Å². The zero-order chi connectivity index (χ0) is 16.1. The van der Waals surface area contributed by atoms with Gasteiger partial charge in [-0.25, -0.2) is 0 Å². The Bertz CT molecular complexity index is 670. The average molecular weight is 329 g/mol. The highest BCUT2D eigenvalue weighted by Gasteiger charge is 2.17. The summed E-state index contributed by atoms with van der Waals surface area (Å²) in [6, 6.07) is 11.4. The van der Waals surface area contributed by atoms with Gasteiger partial charge in [0.1, 0.15) is 13.2 Å². The van der Waals surface area contributed by atoms with Gasteiger partial charge in [-0.05, 0) is 42.9 Å². The summed E-state index contributed by atoms with van der Waals surface area (Å²) >= 11 is 1.54. The van der Waals surface area contributed by atoms with E-state index in [1.54, 1.807) is 11.3 Å². The number of hydrogen-bond donors (Lipinski definition) is 1. The van der Waals surface area contributed by atoms with Gasteiger partial charge in [-0.1, -0.05) is 30.3 Å². The first-order valence-electron chi connectivity index (χ1n) is 7.82. The molecule has 4 nitrogen and oxygen atoms in total. The van der Waals surface area contributed by atoms with Crippen molar-refractivity contribution < 1.29 is 14.3 Å². The zero-order valence-electron chi connectivity index (χ0n) is 12.8. The van der Waals surface area contributed by atoms with E-state index < -0.39 is 5.97 Å². The number of rotatable bonds is 5. The van der Waals surface area contributed by atoms with E-state index in [1.807, 2.05) is 36.4 Å². The van der Waals surface area contributed by atoms with Crippen LogP contribution < -0.4 is 5.32 Å². The molecule has 1 aliphatic rings. The summed E-state index contributed by atoms with van der Waals surface area (Å²) < 4.78 is 5.15. The molecule has 0 fully saturated rings. The average Bonchev–Trinajstić information content (AvgIpc) is 3.03. The van der Waals surface area contributed by atoms with Crippen LogP contribution in [0.1, 0.15) is 38.5 Å². The molecule has 5 heteroatoms. The Labute approximate surface area is 139 Å². The van der Waals surface area contributed by atoms with Gasteiger partial charge in [0.05, 0.1) is 4.88 Å². The molecule has 1 amide bonds. The first-order valence-corrected chi connectivity index (χ1v) is 8.63. The van der Waals surface area contributed by atoms with E-state index in [-0.39, 0.29) is 19.1 Å². The van der Waals surface area contributed by atoms with Crippen molar-refractivity contribution in [2.24, 2.45) is 0 Å². The summed E-state index contributed by atoms with van der Waals surface area (Å²) in [7, 11) is 0. The Morgan fingerprint density at radius 1 is 1.13 bits per heavy atom. The summed E-state index contributed by atoms with van der Waals surface area (Å²) in [5, 5.41) is 2.64. The minimum Gasteiger partial charge on any atom is -0.460 e. The van der Waals surface area contributed by atoms with Crippen molar-refractivity contribution in [2.75, 3.05) is 6.54 Å². The van der Waals surface area contributed by atoms with Crippen LogP contribution in [-0.4, -0.2) is 18.4 Å². The SMILES string of the molecule is O=C(CNC(=O)c1cc2c(s1)CCCC2)OCc1ccccc1. The fourth-order valence-electron chi connectivity index (χ4n) is 2.63. The Morgan fingerprint density at radius 3 is 2.70 bits per heavy atom. The Kier molecular flexibility index (Phi) is 5.08. The lowest BCUT2D eigenvalue weighted by atomic mass is 9.99. The van der Waals surface area contributed by atoms with Gasteiger partial charge in [-0.15, -0.1) is 11.3 Å². The van der Waals surface area contributed by atoms with E-state index in [0.717, 1.165) is 18.4 Å². The van der Waals surface area contributed by atoms with Gasteiger partial charge in [0.25, 0.3) is 5.91 Å². The van der Waals surface area contributed by atoms with E-state index in [9.17, 15) is 9.59 Å². The topological polar surface area (TPSA) is 55.4 Å². The number of thiophene rings is 1. The quantitative estimate of drug-likeness (QED) is 0.858. The summed E-state index contributed by atoms with van der Waals surface area (Å²) in [4.78, 5) is 25.8. The number of amides is 1. The van der Waals surface area contributed by atoms with Crippen molar-refractivity contribution in [1.82, 2.24) is 5.32 Å². The monoisotopic (exact) mass is 329 g/mol. The molecule has 0 bridgehead atoms. The molecular weight excluding hydrogens is 310 g/mol. The number of carbonyl (C=O) groups is 2. The first kappa shape index (κ1) is 15.7. The van der Waals surface area contributed by atoms with Crippen LogP contribution >= 0.6 is 11.3 Å². The molecule has 120 valence electrons. The normalized spacial score (nSPS) is 13.2. The van der Waals surface area contributed by atoms with Crippen molar-refractivity contribution in [1.29, 1.82) is 0 Å². The van der Waals surface area contributed by atoms with Gasteiger partial charge in [-0.2, -0.15) is 0 Å². The van der Waals surface area contributed by atoms with E-state index in [0.29, 0.717) is 4.88 Å². The van der Waals surface area contributed by atoms with Gasteiger partial charge >= 0.3 is 5.97 Å². The van der Waals surface area contributed by atoms with Crippen LogP contribution in [0.4, 0.5) is 0 Å². The second-order valence-electron chi connectivity index (χ2n) is 5.60. The van der Waals surface area contributed by atoms with E-state index in [1.165, 1.54) is 23.3 Å². The highest BCUT2D eigenvalue weighted by atomic mass is 32.1. The molecule has 1 heterocycles. The molecule has 0 radical (unpaired) electrons. The molecule has 0 atom stereocenters. The van der Waals surface area contributed by atoms with Crippen LogP contribution in [0, 0.1) is 0 Å². The molecule has 1 aliphatic carbocycles. The van der Waals surface area contributed by atoms with Gasteiger partial charge in [-0.3, -0.25) is 9.59 Å². The Balaban J connectivity index is 1.47. The van der Waals surface area contributed by atoms with E-state index in [2.05, 4.69) is 5.32 Å². The van der Waals surface area contributed by atoms with Crippen molar-refractivity contribution in [3.63, 3.8) is 0 Å². The number of aryl methyl sites for hydroxylation is 2. The van der Waals surface area contributed by atoms with Crippen LogP contribution in [0.3, 0.4) is 0 Å². The fraction of sp³-hybridized carbons (Fsp3) is 0.333. The third-order valence-electron chi connectivity index (χ3n) is 3.86. The third kappa shape index (κ3) is 4.20. The molecule has 3 rings (SSSR count). The third-order valence-corrected chi connectivity index (χ3v) is 5.09. The molecule has 0 unspecified atom stereocenters.